The summed E-state index contributed by atoms with van der Waals surface area (Å²) >= 11 is 0. The van der Waals surface area contributed by atoms with Crippen LogP contribution < -0.4 is 10.4 Å². The molecule has 2 aromatic heterocycles. The zero-order valence-electron chi connectivity index (χ0n) is 19.5. The van der Waals surface area contributed by atoms with Gasteiger partial charge in [0.15, 0.2) is 0 Å². The van der Waals surface area contributed by atoms with Crippen molar-refractivity contribution < 1.29 is 9.15 Å². The largest absolute Gasteiger partial charge is 0.490 e. The van der Waals surface area contributed by atoms with Crippen LogP contribution in [0.1, 0.15) is 42.4 Å². The summed E-state index contributed by atoms with van der Waals surface area (Å²) in [6.45, 7) is 5.12. The number of aryl methyl sites for hydroxylation is 2. The highest BCUT2D eigenvalue weighted by Gasteiger charge is 2.20. The van der Waals surface area contributed by atoms with Crippen LogP contribution in [-0.4, -0.2) is 35.6 Å². The van der Waals surface area contributed by atoms with Crippen LogP contribution in [0.15, 0.2) is 57.9 Å². The fraction of sp³-hybridized carbons (Fsp3) is 0.357. The maximum atomic E-state index is 11.6. The summed E-state index contributed by atoms with van der Waals surface area (Å²) in [5.41, 5.74) is 4.30. The molecule has 0 saturated carbocycles. The summed E-state index contributed by atoms with van der Waals surface area (Å²) in [6, 6.07) is 15.3. The van der Waals surface area contributed by atoms with Gasteiger partial charge in [-0.15, -0.1) is 0 Å². The molecule has 3 heterocycles. The number of piperidine rings is 1. The lowest BCUT2D eigenvalue weighted by molar-refractivity contribution is 0.0997. The average molecular weight is 456 g/mol. The molecule has 4 aromatic rings. The number of nitrogens with one attached hydrogen (secondary N) is 1. The van der Waals surface area contributed by atoms with E-state index in [1.165, 1.54) is 17.0 Å². The zero-order valence-corrected chi connectivity index (χ0v) is 19.5. The Hall–Kier alpha value is -3.56. The van der Waals surface area contributed by atoms with Gasteiger partial charge in [0.25, 0.3) is 0 Å². The molecule has 0 bridgehead atoms. The second-order valence-electron chi connectivity index (χ2n) is 9.21. The molecule has 0 amide bonds. The summed E-state index contributed by atoms with van der Waals surface area (Å²) in [7, 11) is 0. The molecule has 1 aliphatic heterocycles. The Bertz CT molecular complexity index is 1400. The minimum Gasteiger partial charge on any atom is -0.490 e. The fourth-order valence-electron chi connectivity index (χ4n) is 4.92. The highest BCUT2D eigenvalue weighted by atomic mass is 16.5. The van der Waals surface area contributed by atoms with Crippen molar-refractivity contribution in [3.8, 4) is 11.8 Å². The number of rotatable bonds is 7. The molecule has 5 rings (SSSR count). The van der Waals surface area contributed by atoms with Gasteiger partial charge in [0, 0.05) is 41.6 Å². The van der Waals surface area contributed by atoms with Gasteiger partial charge < -0.3 is 19.0 Å². The van der Waals surface area contributed by atoms with E-state index in [1.54, 1.807) is 0 Å². The number of H-pyrrole nitrogens is 1. The smallest absolute Gasteiger partial charge is 0.336 e. The molecule has 174 valence electrons. The van der Waals surface area contributed by atoms with Crippen molar-refractivity contribution in [2.45, 2.75) is 45.1 Å². The number of ether oxygens (including phenoxy) is 1. The molecular weight excluding hydrogens is 426 g/mol. The van der Waals surface area contributed by atoms with Crippen LogP contribution in [0.25, 0.3) is 21.9 Å². The number of aromatic amines is 1. The zero-order chi connectivity index (χ0) is 23.5. The van der Waals surface area contributed by atoms with Gasteiger partial charge in [-0.25, -0.2) is 4.79 Å². The number of likely N-dealkylation sites (tertiary alicyclic amines) is 1. The molecule has 2 aromatic carbocycles. The standard InChI is InChI=1S/C28H29N3O3/c1-19-14-28(32)34-27-8-6-23(16-24(19)27)33-22-9-12-31(13-10-22)11-3-2-4-21-18-30-26-7-5-20(17-29)15-25(21)26/h5-8,14-16,18,22,30H,2-4,9-13H2,1H3. The van der Waals surface area contributed by atoms with Crippen LogP contribution in [0.3, 0.4) is 0 Å². The molecule has 34 heavy (non-hydrogen) atoms. The molecular formula is C28H29N3O3. The number of benzene rings is 2. The van der Waals surface area contributed by atoms with E-state index in [0.717, 1.165) is 74.0 Å². The van der Waals surface area contributed by atoms with Crippen LogP contribution in [0.5, 0.6) is 5.75 Å². The molecule has 1 saturated heterocycles. The Kier molecular flexibility index (Phi) is 6.37. The minimum atomic E-state index is -0.319. The van der Waals surface area contributed by atoms with Crippen molar-refractivity contribution >= 4 is 21.9 Å². The molecule has 0 spiro atoms. The summed E-state index contributed by atoms with van der Waals surface area (Å²) in [5.74, 6) is 0.834. The van der Waals surface area contributed by atoms with Crippen molar-refractivity contribution in [1.82, 2.24) is 9.88 Å². The highest BCUT2D eigenvalue weighted by molar-refractivity contribution is 5.84. The summed E-state index contributed by atoms with van der Waals surface area (Å²) in [4.78, 5) is 17.4. The van der Waals surface area contributed by atoms with E-state index in [9.17, 15) is 4.79 Å². The topological polar surface area (TPSA) is 82.3 Å². The lowest BCUT2D eigenvalue weighted by atomic mass is 10.0. The van der Waals surface area contributed by atoms with Gasteiger partial charge in [-0.3, -0.25) is 0 Å². The molecule has 6 heteroatoms. The Labute approximate surface area is 198 Å². The number of aromatic nitrogens is 1. The second-order valence-corrected chi connectivity index (χ2v) is 9.21. The van der Waals surface area contributed by atoms with Gasteiger partial charge in [-0.05, 0) is 93.1 Å². The molecule has 0 unspecified atom stereocenters. The van der Waals surface area contributed by atoms with Gasteiger partial charge in [0.1, 0.15) is 17.4 Å². The predicted molar refractivity (Wildman–Crippen MR) is 133 cm³/mol. The average Bonchev–Trinajstić information content (AvgIpc) is 3.25. The fourth-order valence-corrected chi connectivity index (χ4v) is 4.92. The third-order valence-electron chi connectivity index (χ3n) is 6.83. The number of nitriles is 1. The maximum Gasteiger partial charge on any atom is 0.336 e. The summed E-state index contributed by atoms with van der Waals surface area (Å²) in [6.07, 6.45) is 7.64. The quantitative estimate of drug-likeness (QED) is 0.301. The first-order valence-electron chi connectivity index (χ1n) is 12.0. The normalized spacial score (nSPS) is 15.1. The van der Waals surface area contributed by atoms with E-state index in [1.807, 2.05) is 43.3 Å². The van der Waals surface area contributed by atoms with Crippen LogP contribution in [-0.2, 0) is 6.42 Å². The van der Waals surface area contributed by atoms with Crippen molar-refractivity contribution in [2.75, 3.05) is 19.6 Å². The van der Waals surface area contributed by atoms with E-state index >= 15 is 0 Å². The molecule has 6 nitrogen and oxygen atoms in total. The predicted octanol–water partition coefficient (Wildman–Crippen LogP) is 5.32. The number of hydrogen-bond acceptors (Lipinski definition) is 5. The third kappa shape index (κ3) is 4.85. The van der Waals surface area contributed by atoms with Gasteiger partial charge in [-0.1, -0.05) is 0 Å². The molecule has 1 N–H and O–H groups in total. The Morgan fingerprint density at radius 3 is 2.79 bits per heavy atom. The van der Waals surface area contributed by atoms with E-state index in [4.69, 9.17) is 14.4 Å². The Morgan fingerprint density at radius 2 is 1.97 bits per heavy atom. The van der Waals surface area contributed by atoms with Crippen LogP contribution >= 0.6 is 0 Å². The number of fused-ring (bicyclic) bond motifs is 2. The van der Waals surface area contributed by atoms with Crippen molar-refractivity contribution in [3.63, 3.8) is 0 Å². The maximum absolute atomic E-state index is 11.6. The van der Waals surface area contributed by atoms with E-state index in [2.05, 4.69) is 22.1 Å². The summed E-state index contributed by atoms with van der Waals surface area (Å²) < 4.78 is 11.5. The highest BCUT2D eigenvalue weighted by Crippen LogP contribution is 2.26. The van der Waals surface area contributed by atoms with Crippen molar-refractivity contribution in [1.29, 1.82) is 5.26 Å². The van der Waals surface area contributed by atoms with Crippen LogP contribution in [0.2, 0.25) is 0 Å². The molecule has 1 fully saturated rings. The van der Waals surface area contributed by atoms with Gasteiger partial charge in [-0.2, -0.15) is 5.26 Å². The summed E-state index contributed by atoms with van der Waals surface area (Å²) in [5, 5.41) is 11.3. The first kappa shape index (κ1) is 22.2. The first-order chi connectivity index (χ1) is 16.6. The first-order valence-corrected chi connectivity index (χ1v) is 12.0. The lowest BCUT2D eigenvalue weighted by Gasteiger charge is -2.32. The van der Waals surface area contributed by atoms with E-state index in [0.29, 0.717) is 11.1 Å². The van der Waals surface area contributed by atoms with Crippen molar-refractivity contribution in [2.24, 2.45) is 0 Å². The minimum absolute atomic E-state index is 0.213. The van der Waals surface area contributed by atoms with E-state index in [-0.39, 0.29) is 11.7 Å². The Balaban J connectivity index is 1.08. The second kappa shape index (κ2) is 9.74. The van der Waals surface area contributed by atoms with Gasteiger partial charge in [0.2, 0.25) is 0 Å². The third-order valence-corrected chi connectivity index (χ3v) is 6.83. The molecule has 0 aliphatic carbocycles. The Morgan fingerprint density at radius 1 is 1.12 bits per heavy atom. The van der Waals surface area contributed by atoms with Crippen molar-refractivity contribution in [3.05, 3.63) is 75.8 Å². The van der Waals surface area contributed by atoms with Crippen LogP contribution in [0.4, 0.5) is 0 Å². The van der Waals surface area contributed by atoms with Gasteiger partial charge >= 0.3 is 5.63 Å². The van der Waals surface area contributed by atoms with Gasteiger partial charge in [0.05, 0.1) is 11.6 Å². The molecule has 0 radical (unpaired) electrons. The SMILES string of the molecule is Cc1cc(=O)oc2ccc(OC3CCN(CCCCc4c[nH]c5ccc(C#N)cc45)CC3)cc12. The number of unbranched alkanes of at least 4 members (excludes halogenated alkanes) is 1. The molecule has 0 atom stereocenters. The van der Waals surface area contributed by atoms with Crippen LogP contribution in [0, 0.1) is 18.3 Å². The number of nitrogens with zero attached hydrogens (tertiary/aromatic N) is 2. The number of hydrogen-bond donors (Lipinski definition) is 1. The monoisotopic (exact) mass is 455 g/mol. The molecule has 1 aliphatic rings. The van der Waals surface area contributed by atoms with E-state index < -0.39 is 0 Å². The lowest BCUT2D eigenvalue weighted by Crippen LogP contribution is -2.38.